The number of amides is 1. The Morgan fingerprint density at radius 2 is 2.07 bits per heavy atom. The molecule has 0 saturated carbocycles. The molecule has 0 unspecified atom stereocenters. The van der Waals surface area contributed by atoms with Gasteiger partial charge in [0.25, 0.3) is 0 Å². The summed E-state index contributed by atoms with van der Waals surface area (Å²) in [5.74, 6) is 0.0473. The molecule has 0 fully saturated rings. The highest BCUT2D eigenvalue weighted by Gasteiger charge is 1.99. The summed E-state index contributed by atoms with van der Waals surface area (Å²) in [6, 6.07) is 0. The molecule has 0 aliphatic rings. The number of ether oxygens (including phenoxy) is 2. The predicted molar refractivity (Wildman–Crippen MR) is 58.6 cm³/mol. The number of nitrogens with one attached hydrogen (secondary N) is 1. The van der Waals surface area contributed by atoms with Crippen LogP contribution < -0.4 is 11.1 Å². The van der Waals surface area contributed by atoms with Gasteiger partial charge in [-0.25, -0.2) is 0 Å². The summed E-state index contributed by atoms with van der Waals surface area (Å²) in [5, 5.41) is 2.76. The number of carbonyl (C=O) groups excluding carboxylic acids is 1. The maximum absolute atomic E-state index is 11.2. The van der Waals surface area contributed by atoms with Gasteiger partial charge in [-0.2, -0.15) is 0 Å². The lowest BCUT2D eigenvalue weighted by Gasteiger charge is -2.05. The summed E-state index contributed by atoms with van der Waals surface area (Å²) in [5.41, 5.74) is 5.24. The second kappa shape index (κ2) is 11.4. The van der Waals surface area contributed by atoms with Crippen molar-refractivity contribution in [2.75, 3.05) is 39.5 Å². The molecule has 3 N–H and O–H groups in total. The average Bonchev–Trinajstić information content (AvgIpc) is 2.24. The largest absolute Gasteiger partial charge is 0.382 e. The van der Waals surface area contributed by atoms with Crippen molar-refractivity contribution in [3.05, 3.63) is 0 Å². The van der Waals surface area contributed by atoms with Crippen LogP contribution in [-0.4, -0.2) is 45.4 Å². The molecule has 1 amide bonds. The van der Waals surface area contributed by atoms with Crippen molar-refractivity contribution in [3.8, 4) is 0 Å². The van der Waals surface area contributed by atoms with E-state index in [2.05, 4.69) is 5.32 Å². The molecule has 0 spiro atoms. The molecule has 90 valence electrons. The SMILES string of the molecule is CCOCCCC(=O)NCCOCCN. The van der Waals surface area contributed by atoms with Crippen molar-refractivity contribution < 1.29 is 14.3 Å². The lowest BCUT2D eigenvalue weighted by Crippen LogP contribution is -2.27. The fourth-order valence-electron chi connectivity index (χ4n) is 1.02. The standard InChI is InChI=1S/C10H22N2O3/c1-2-14-7-3-4-10(13)12-6-9-15-8-5-11/h2-9,11H2,1H3,(H,12,13). The number of nitrogens with two attached hydrogens (primary N) is 1. The van der Waals surface area contributed by atoms with E-state index in [-0.39, 0.29) is 5.91 Å². The zero-order valence-corrected chi connectivity index (χ0v) is 9.46. The molecule has 0 radical (unpaired) electrons. The van der Waals surface area contributed by atoms with Crippen LogP contribution in [0.3, 0.4) is 0 Å². The highest BCUT2D eigenvalue weighted by molar-refractivity contribution is 5.75. The van der Waals surface area contributed by atoms with Gasteiger partial charge in [-0.15, -0.1) is 0 Å². The first-order valence-electron chi connectivity index (χ1n) is 5.43. The second-order valence-corrected chi connectivity index (χ2v) is 3.05. The predicted octanol–water partition coefficient (Wildman–Crippen LogP) is -0.105. The minimum absolute atomic E-state index is 0.0473. The summed E-state index contributed by atoms with van der Waals surface area (Å²) in [6.07, 6.45) is 1.28. The minimum atomic E-state index is 0.0473. The van der Waals surface area contributed by atoms with E-state index in [0.717, 1.165) is 6.42 Å². The second-order valence-electron chi connectivity index (χ2n) is 3.05. The molecular weight excluding hydrogens is 196 g/mol. The molecule has 0 aromatic rings. The van der Waals surface area contributed by atoms with Crippen LogP contribution in [0.4, 0.5) is 0 Å². The summed E-state index contributed by atoms with van der Waals surface area (Å²) in [6.45, 7) is 5.42. The summed E-state index contributed by atoms with van der Waals surface area (Å²) in [7, 11) is 0. The molecule has 0 rings (SSSR count). The van der Waals surface area contributed by atoms with Crippen LogP contribution in [0.5, 0.6) is 0 Å². The molecule has 0 aliphatic heterocycles. The Hall–Kier alpha value is -0.650. The van der Waals surface area contributed by atoms with E-state index in [1.54, 1.807) is 0 Å². The number of rotatable bonds is 10. The zero-order valence-electron chi connectivity index (χ0n) is 9.46. The van der Waals surface area contributed by atoms with Crippen molar-refractivity contribution in [2.45, 2.75) is 19.8 Å². The van der Waals surface area contributed by atoms with Crippen molar-refractivity contribution in [1.82, 2.24) is 5.32 Å². The Morgan fingerprint density at radius 1 is 1.27 bits per heavy atom. The quantitative estimate of drug-likeness (QED) is 0.502. The van der Waals surface area contributed by atoms with E-state index in [1.807, 2.05) is 6.92 Å². The number of hydrogen-bond acceptors (Lipinski definition) is 4. The Kier molecular flexibility index (Phi) is 10.9. The molecule has 5 nitrogen and oxygen atoms in total. The topological polar surface area (TPSA) is 73.6 Å². The fraction of sp³-hybridized carbons (Fsp3) is 0.900. The summed E-state index contributed by atoms with van der Waals surface area (Å²) >= 11 is 0. The highest BCUT2D eigenvalue weighted by Crippen LogP contribution is 1.89. The fourth-order valence-corrected chi connectivity index (χ4v) is 1.02. The van der Waals surface area contributed by atoms with Gasteiger partial charge in [-0.05, 0) is 13.3 Å². The highest BCUT2D eigenvalue weighted by atomic mass is 16.5. The normalized spacial score (nSPS) is 10.3. The van der Waals surface area contributed by atoms with Gasteiger partial charge in [0.05, 0.1) is 13.2 Å². The van der Waals surface area contributed by atoms with E-state index < -0.39 is 0 Å². The van der Waals surface area contributed by atoms with Crippen molar-refractivity contribution in [2.24, 2.45) is 5.73 Å². The third-order valence-electron chi connectivity index (χ3n) is 1.73. The molecule has 0 aliphatic carbocycles. The van der Waals surface area contributed by atoms with Crippen LogP contribution in [0.2, 0.25) is 0 Å². The first-order chi connectivity index (χ1) is 7.31. The third kappa shape index (κ3) is 11.3. The van der Waals surface area contributed by atoms with Crippen LogP contribution >= 0.6 is 0 Å². The Bertz CT molecular complexity index is 154. The van der Waals surface area contributed by atoms with Gasteiger partial charge in [0.1, 0.15) is 0 Å². The Labute approximate surface area is 91.3 Å². The van der Waals surface area contributed by atoms with Gasteiger partial charge in [0, 0.05) is 32.7 Å². The first kappa shape index (κ1) is 14.3. The van der Waals surface area contributed by atoms with Gasteiger partial charge in [-0.3, -0.25) is 4.79 Å². The molecule has 0 saturated heterocycles. The van der Waals surface area contributed by atoms with Gasteiger partial charge in [0.15, 0.2) is 0 Å². The van der Waals surface area contributed by atoms with Crippen molar-refractivity contribution in [1.29, 1.82) is 0 Å². The maximum Gasteiger partial charge on any atom is 0.220 e. The summed E-state index contributed by atoms with van der Waals surface area (Å²) in [4.78, 5) is 11.2. The van der Waals surface area contributed by atoms with E-state index >= 15 is 0 Å². The Morgan fingerprint density at radius 3 is 2.73 bits per heavy atom. The first-order valence-corrected chi connectivity index (χ1v) is 5.43. The van der Waals surface area contributed by atoms with Crippen LogP contribution in [0.15, 0.2) is 0 Å². The van der Waals surface area contributed by atoms with Crippen LogP contribution in [0.25, 0.3) is 0 Å². The van der Waals surface area contributed by atoms with E-state index in [9.17, 15) is 4.79 Å². The molecule has 0 heterocycles. The summed E-state index contributed by atoms with van der Waals surface area (Å²) < 4.78 is 10.2. The van der Waals surface area contributed by atoms with Gasteiger partial charge >= 0.3 is 0 Å². The smallest absolute Gasteiger partial charge is 0.220 e. The molecule has 15 heavy (non-hydrogen) atoms. The monoisotopic (exact) mass is 218 g/mol. The third-order valence-corrected chi connectivity index (χ3v) is 1.73. The van der Waals surface area contributed by atoms with Crippen molar-refractivity contribution >= 4 is 5.91 Å². The molecular formula is C10H22N2O3. The molecule has 0 bridgehead atoms. The van der Waals surface area contributed by atoms with Crippen molar-refractivity contribution in [3.63, 3.8) is 0 Å². The van der Waals surface area contributed by atoms with Crippen LogP contribution in [0.1, 0.15) is 19.8 Å². The number of carbonyl (C=O) groups is 1. The van der Waals surface area contributed by atoms with E-state index in [1.165, 1.54) is 0 Å². The molecule has 5 heteroatoms. The maximum atomic E-state index is 11.2. The Balaban J connectivity index is 3.11. The van der Waals surface area contributed by atoms with Gasteiger partial charge in [0.2, 0.25) is 5.91 Å². The van der Waals surface area contributed by atoms with Gasteiger partial charge in [-0.1, -0.05) is 0 Å². The number of hydrogen-bond donors (Lipinski definition) is 2. The van der Waals surface area contributed by atoms with E-state index in [4.69, 9.17) is 15.2 Å². The van der Waals surface area contributed by atoms with Crippen LogP contribution in [0, 0.1) is 0 Å². The van der Waals surface area contributed by atoms with E-state index in [0.29, 0.717) is 45.9 Å². The molecule has 0 atom stereocenters. The van der Waals surface area contributed by atoms with Gasteiger partial charge < -0.3 is 20.5 Å². The zero-order chi connectivity index (χ0) is 11.4. The lowest BCUT2D eigenvalue weighted by molar-refractivity contribution is -0.121. The van der Waals surface area contributed by atoms with Crippen LogP contribution in [-0.2, 0) is 14.3 Å². The molecule has 0 aromatic carbocycles. The lowest BCUT2D eigenvalue weighted by atomic mass is 10.3. The average molecular weight is 218 g/mol. The minimum Gasteiger partial charge on any atom is -0.382 e. The molecule has 0 aromatic heterocycles.